The fourth-order valence-electron chi connectivity index (χ4n) is 2.33. The van der Waals surface area contributed by atoms with Crippen LogP contribution in [-0.4, -0.2) is 25.0 Å². The molecular formula is C13H21NO5S. The predicted octanol–water partition coefficient (Wildman–Crippen LogP) is 2.45. The first-order chi connectivity index (χ1) is 9.02. The number of hydrogen-bond acceptors (Lipinski definition) is 4. The van der Waals surface area contributed by atoms with E-state index in [1.54, 1.807) is 13.8 Å². The molecule has 0 atom stereocenters. The van der Waals surface area contributed by atoms with Gasteiger partial charge in [0.05, 0.1) is 0 Å². The van der Waals surface area contributed by atoms with Gasteiger partial charge < -0.3 is 9.52 Å². The van der Waals surface area contributed by atoms with Crippen molar-refractivity contribution in [1.82, 2.24) is 4.72 Å². The maximum atomic E-state index is 12.4. The second-order valence-electron chi connectivity index (χ2n) is 5.46. The molecule has 2 N–H and O–H groups in total. The van der Waals surface area contributed by atoms with Crippen molar-refractivity contribution in [3.05, 3.63) is 17.1 Å². The van der Waals surface area contributed by atoms with Crippen LogP contribution in [0.25, 0.3) is 0 Å². The molecule has 0 aromatic carbocycles. The van der Waals surface area contributed by atoms with Crippen molar-refractivity contribution in [2.45, 2.75) is 57.9 Å². The summed E-state index contributed by atoms with van der Waals surface area (Å²) in [4.78, 5) is 11.0. The lowest BCUT2D eigenvalue weighted by Crippen LogP contribution is -2.43. The van der Waals surface area contributed by atoms with Crippen LogP contribution in [0.2, 0.25) is 0 Å². The fraction of sp³-hybridized carbons (Fsp3) is 0.615. The lowest BCUT2D eigenvalue weighted by molar-refractivity contribution is 0.0691. The number of carbonyl (C=O) groups is 1. The highest BCUT2D eigenvalue weighted by atomic mass is 32.2. The first-order valence-electron chi connectivity index (χ1n) is 6.39. The van der Waals surface area contributed by atoms with Crippen LogP contribution < -0.4 is 4.72 Å². The third-order valence-electron chi connectivity index (χ3n) is 2.97. The number of carboxylic acids is 1. The number of carboxylic acid groups (broad SMARTS) is 1. The van der Waals surface area contributed by atoms with Gasteiger partial charge in [0.1, 0.15) is 22.0 Å². The van der Waals surface area contributed by atoms with E-state index in [1.165, 1.54) is 13.8 Å². The summed E-state index contributed by atoms with van der Waals surface area (Å²) in [6, 6.07) is 0. The van der Waals surface area contributed by atoms with E-state index >= 15 is 0 Å². The van der Waals surface area contributed by atoms with Crippen molar-refractivity contribution in [3.63, 3.8) is 0 Å². The first kappa shape index (κ1) is 16.7. The Kier molecular flexibility index (Phi) is 4.66. The number of sulfonamides is 1. The second-order valence-corrected chi connectivity index (χ2v) is 7.08. The van der Waals surface area contributed by atoms with E-state index in [2.05, 4.69) is 4.72 Å². The Labute approximate surface area is 119 Å². The zero-order chi connectivity index (χ0) is 15.7. The standard InChI is InChI=1S/C13H21NO5S/c1-6-7-13(4,5)14-20(17,18)11-9(3)19-8(2)10(11)12(15)16/h14H,6-7H2,1-5H3,(H,15,16). The van der Waals surface area contributed by atoms with E-state index in [0.29, 0.717) is 6.42 Å². The monoisotopic (exact) mass is 303 g/mol. The molecule has 7 heteroatoms. The number of hydrogen-bond donors (Lipinski definition) is 2. The molecule has 0 saturated heterocycles. The highest BCUT2D eigenvalue weighted by Gasteiger charge is 2.34. The predicted molar refractivity (Wildman–Crippen MR) is 74.4 cm³/mol. The fourth-order valence-corrected chi connectivity index (χ4v) is 4.18. The van der Waals surface area contributed by atoms with Crippen LogP contribution in [0.3, 0.4) is 0 Å². The van der Waals surface area contributed by atoms with Gasteiger partial charge in [-0.15, -0.1) is 0 Å². The molecule has 0 spiro atoms. The van der Waals surface area contributed by atoms with Gasteiger partial charge in [0.2, 0.25) is 10.0 Å². The van der Waals surface area contributed by atoms with Crippen LogP contribution in [0.4, 0.5) is 0 Å². The molecule has 0 unspecified atom stereocenters. The third kappa shape index (κ3) is 3.40. The summed E-state index contributed by atoms with van der Waals surface area (Å²) >= 11 is 0. The Bertz CT molecular complexity index is 613. The van der Waals surface area contributed by atoms with E-state index in [0.717, 1.165) is 6.42 Å². The molecule has 1 heterocycles. The van der Waals surface area contributed by atoms with Gasteiger partial charge >= 0.3 is 5.97 Å². The summed E-state index contributed by atoms with van der Waals surface area (Å²) in [5.41, 5.74) is -0.955. The molecule has 1 aromatic rings. The van der Waals surface area contributed by atoms with E-state index in [1.807, 2.05) is 6.92 Å². The molecule has 1 rings (SSSR count). The van der Waals surface area contributed by atoms with Gasteiger partial charge in [0.25, 0.3) is 0 Å². The maximum Gasteiger partial charge on any atom is 0.340 e. The number of furan rings is 1. The molecule has 0 bridgehead atoms. The van der Waals surface area contributed by atoms with Crippen LogP contribution in [0.5, 0.6) is 0 Å². The molecule has 20 heavy (non-hydrogen) atoms. The Morgan fingerprint density at radius 3 is 2.30 bits per heavy atom. The van der Waals surface area contributed by atoms with Gasteiger partial charge in [0, 0.05) is 5.54 Å². The summed E-state index contributed by atoms with van der Waals surface area (Å²) in [6.07, 6.45) is 1.45. The minimum Gasteiger partial charge on any atom is -0.478 e. The Morgan fingerprint density at radius 1 is 1.30 bits per heavy atom. The van der Waals surface area contributed by atoms with Gasteiger partial charge in [-0.05, 0) is 34.1 Å². The molecule has 0 fully saturated rings. The quantitative estimate of drug-likeness (QED) is 0.841. The molecule has 6 nitrogen and oxygen atoms in total. The Hall–Kier alpha value is -1.34. The van der Waals surface area contributed by atoms with E-state index in [-0.39, 0.29) is 22.0 Å². The normalized spacial score (nSPS) is 12.7. The zero-order valence-electron chi connectivity index (χ0n) is 12.4. The largest absolute Gasteiger partial charge is 0.478 e. The average molecular weight is 303 g/mol. The minimum atomic E-state index is -3.95. The Balaban J connectivity index is 3.34. The Morgan fingerprint density at radius 2 is 1.85 bits per heavy atom. The van der Waals surface area contributed by atoms with Crippen molar-refractivity contribution < 1.29 is 22.7 Å². The molecule has 1 aromatic heterocycles. The van der Waals surface area contributed by atoms with Crippen molar-refractivity contribution in [1.29, 1.82) is 0 Å². The van der Waals surface area contributed by atoms with Crippen molar-refractivity contribution in [2.24, 2.45) is 0 Å². The summed E-state index contributed by atoms with van der Waals surface area (Å²) in [6.45, 7) is 8.35. The summed E-state index contributed by atoms with van der Waals surface area (Å²) < 4.78 is 32.6. The van der Waals surface area contributed by atoms with Crippen LogP contribution in [0.1, 0.15) is 55.5 Å². The van der Waals surface area contributed by atoms with Crippen LogP contribution in [-0.2, 0) is 10.0 Å². The maximum absolute atomic E-state index is 12.4. The minimum absolute atomic E-state index is 0.0831. The smallest absolute Gasteiger partial charge is 0.340 e. The average Bonchev–Trinajstić information content (AvgIpc) is 2.51. The summed E-state index contributed by atoms with van der Waals surface area (Å²) in [7, 11) is -3.95. The van der Waals surface area contributed by atoms with Gasteiger partial charge in [-0.25, -0.2) is 17.9 Å². The summed E-state index contributed by atoms with van der Waals surface area (Å²) in [5.74, 6) is -1.14. The van der Waals surface area contributed by atoms with Gasteiger partial charge in [-0.2, -0.15) is 0 Å². The second kappa shape index (κ2) is 5.57. The number of nitrogens with one attached hydrogen (secondary N) is 1. The highest BCUT2D eigenvalue weighted by Crippen LogP contribution is 2.28. The summed E-state index contributed by atoms with van der Waals surface area (Å²) in [5, 5.41) is 9.17. The molecule has 0 saturated carbocycles. The molecule has 0 aliphatic heterocycles. The van der Waals surface area contributed by atoms with Crippen molar-refractivity contribution in [3.8, 4) is 0 Å². The molecular weight excluding hydrogens is 282 g/mol. The SMILES string of the molecule is CCCC(C)(C)NS(=O)(=O)c1c(C)oc(C)c1C(=O)O. The zero-order valence-corrected chi connectivity index (χ0v) is 13.2. The molecule has 0 amide bonds. The lowest BCUT2D eigenvalue weighted by atomic mass is 10.0. The van der Waals surface area contributed by atoms with Gasteiger partial charge in [0.15, 0.2) is 0 Å². The van der Waals surface area contributed by atoms with E-state index in [9.17, 15) is 18.3 Å². The lowest BCUT2D eigenvalue weighted by Gasteiger charge is -2.25. The number of aromatic carboxylic acids is 1. The van der Waals surface area contributed by atoms with Crippen molar-refractivity contribution in [2.75, 3.05) is 0 Å². The third-order valence-corrected chi connectivity index (χ3v) is 4.82. The molecule has 0 aliphatic rings. The molecule has 114 valence electrons. The van der Waals surface area contributed by atoms with Gasteiger partial charge in [-0.3, -0.25) is 0 Å². The van der Waals surface area contributed by atoms with Gasteiger partial charge in [-0.1, -0.05) is 13.3 Å². The molecule has 0 aliphatic carbocycles. The van der Waals surface area contributed by atoms with E-state index < -0.39 is 21.5 Å². The van der Waals surface area contributed by atoms with Crippen molar-refractivity contribution >= 4 is 16.0 Å². The molecule has 0 radical (unpaired) electrons. The van der Waals surface area contributed by atoms with Crippen LogP contribution in [0, 0.1) is 13.8 Å². The van der Waals surface area contributed by atoms with Crippen LogP contribution in [0.15, 0.2) is 9.31 Å². The number of rotatable bonds is 6. The van der Waals surface area contributed by atoms with E-state index in [4.69, 9.17) is 4.42 Å². The highest BCUT2D eigenvalue weighted by molar-refractivity contribution is 7.89. The van der Waals surface area contributed by atoms with Crippen LogP contribution >= 0.6 is 0 Å². The number of aryl methyl sites for hydroxylation is 2. The first-order valence-corrected chi connectivity index (χ1v) is 7.87. The topological polar surface area (TPSA) is 96.6 Å².